The lowest BCUT2D eigenvalue weighted by molar-refractivity contribution is 0.0903. The average molecular weight is 344 g/mol. The first kappa shape index (κ1) is 16.5. The van der Waals surface area contributed by atoms with Crippen LogP contribution in [0.1, 0.15) is 21.5 Å². The van der Waals surface area contributed by atoms with Crippen LogP contribution in [0.3, 0.4) is 0 Å². The molecule has 0 bridgehead atoms. The van der Waals surface area contributed by atoms with Gasteiger partial charge in [0.15, 0.2) is 5.78 Å². The Hall–Kier alpha value is -2.98. The SMILES string of the molecule is O=C(CO)c1ccc(CN2CCc3ccc(-c4cccnc4)cc32)cc1. The number of aromatic nitrogens is 1. The second kappa shape index (κ2) is 7.10. The van der Waals surface area contributed by atoms with Crippen LogP contribution >= 0.6 is 0 Å². The molecule has 0 aliphatic carbocycles. The number of Topliss-reactive ketones (excluding diaryl/α,β-unsaturated/α-hetero) is 1. The summed E-state index contributed by atoms with van der Waals surface area (Å²) >= 11 is 0. The van der Waals surface area contributed by atoms with Gasteiger partial charge in [0.1, 0.15) is 6.61 Å². The van der Waals surface area contributed by atoms with Gasteiger partial charge >= 0.3 is 0 Å². The summed E-state index contributed by atoms with van der Waals surface area (Å²) in [7, 11) is 0. The zero-order chi connectivity index (χ0) is 17.9. The summed E-state index contributed by atoms with van der Waals surface area (Å²) in [6.07, 6.45) is 4.72. The third-order valence-electron chi connectivity index (χ3n) is 4.86. The zero-order valence-corrected chi connectivity index (χ0v) is 14.4. The molecule has 0 radical (unpaired) electrons. The standard InChI is InChI=1S/C22H20N2O2/c25-15-22(26)18-5-3-16(4-6-18)14-24-11-9-17-7-8-19(12-21(17)24)20-2-1-10-23-13-20/h1-8,10,12-13,25H,9,11,14-15H2. The molecule has 4 heteroatoms. The molecule has 2 heterocycles. The van der Waals surface area contributed by atoms with Crippen LogP contribution in [0.25, 0.3) is 11.1 Å². The third-order valence-corrected chi connectivity index (χ3v) is 4.86. The third kappa shape index (κ3) is 3.24. The fourth-order valence-electron chi connectivity index (χ4n) is 3.43. The number of hydrogen-bond donors (Lipinski definition) is 1. The van der Waals surface area contributed by atoms with Crippen molar-refractivity contribution in [3.05, 3.63) is 83.7 Å². The topological polar surface area (TPSA) is 53.4 Å². The zero-order valence-electron chi connectivity index (χ0n) is 14.4. The number of ketones is 1. The predicted octanol–water partition coefficient (Wildman–Crippen LogP) is 3.49. The number of fused-ring (bicyclic) bond motifs is 1. The maximum absolute atomic E-state index is 11.5. The highest BCUT2D eigenvalue weighted by Gasteiger charge is 2.20. The quantitative estimate of drug-likeness (QED) is 0.720. The Morgan fingerprint density at radius 1 is 1.08 bits per heavy atom. The highest BCUT2D eigenvalue weighted by Crippen LogP contribution is 2.33. The Bertz CT molecular complexity index is 921. The first-order valence-electron chi connectivity index (χ1n) is 8.76. The summed E-state index contributed by atoms with van der Waals surface area (Å²) in [5, 5.41) is 8.95. The van der Waals surface area contributed by atoms with Gasteiger partial charge in [0, 0.05) is 42.3 Å². The largest absolute Gasteiger partial charge is 0.388 e. The molecule has 0 atom stereocenters. The molecule has 0 fully saturated rings. The van der Waals surface area contributed by atoms with Crippen molar-refractivity contribution >= 4 is 11.5 Å². The summed E-state index contributed by atoms with van der Waals surface area (Å²) in [6.45, 7) is 1.34. The first-order valence-corrected chi connectivity index (χ1v) is 8.76. The second-order valence-electron chi connectivity index (χ2n) is 6.53. The Balaban J connectivity index is 1.56. The van der Waals surface area contributed by atoms with E-state index in [1.54, 1.807) is 18.3 Å². The number of carbonyl (C=O) groups excluding carboxylic acids is 1. The van der Waals surface area contributed by atoms with Crippen LogP contribution in [0.4, 0.5) is 5.69 Å². The van der Waals surface area contributed by atoms with Gasteiger partial charge in [0.05, 0.1) is 0 Å². The first-order chi connectivity index (χ1) is 12.7. The minimum absolute atomic E-state index is 0.246. The van der Waals surface area contributed by atoms with Gasteiger partial charge in [-0.1, -0.05) is 42.5 Å². The van der Waals surface area contributed by atoms with Crippen molar-refractivity contribution in [2.75, 3.05) is 18.1 Å². The van der Waals surface area contributed by atoms with Crippen molar-refractivity contribution in [3.63, 3.8) is 0 Å². The molecule has 2 aromatic carbocycles. The monoisotopic (exact) mass is 344 g/mol. The number of hydrogen-bond acceptors (Lipinski definition) is 4. The number of benzene rings is 2. The van der Waals surface area contributed by atoms with Crippen molar-refractivity contribution in [1.82, 2.24) is 4.98 Å². The van der Waals surface area contributed by atoms with Gasteiger partial charge in [-0.3, -0.25) is 9.78 Å². The van der Waals surface area contributed by atoms with Gasteiger partial charge in [-0.2, -0.15) is 0 Å². The summed E-state index contributed by atoms with van der Waals surface area (Å²) in [4.78, 5) is 18.1. The number of rotatable bonds is 5. The Morgan fingerprint density at radius 2 is 1.92 bits per heavy atom. The molecule has 1 aromatic heterocycles. The molecular formula is C22H20N2O2. The van der Waals surface area contributed by atoms with E-state index >= 15 is 0 Å². The van der Waals surface area contributed by atoms with Crippen molar-refractivity contribution < 1.29 is 9.90 Å². The van der Waals surface area contributed by atoms with Gasteiger partial charge in [0.2, 0.25) is 0 Å². The molecule has 3 aromatic rings. The molecule has 0 unspecified atom stereocenters. The van der Waals surface area contributed by atoms with Gasteiger partial charge < -0.3 is 10.0 Å². The summed E-state index contributed by atoms with van der Waals surface area (Å²) in [6, 6.07) is 18.1. The lowest BCUT2D eigenvalue weighted by atomic mass is 10.0. The molecule has 130 valence electrons. The fraction of sp³-hybridized carbons (Fsp3) is 0.182. The predicted molar refractivity (Wildman–Crippen MR) is 102 cm³/mol. The van der Waals surface area contributed by atoms with E-state index in [0.717, 1.165) is 30.6 Å². The smallest absolute Gasteiger partial charge is 0.188 e. The molecule has 4 nitrogen and oxygen atoms in total. The Kier molecular flexibility index (Phi) is 4.50. The lowest BCUT2D eigenvalue weighted by Crippen LogP contribution is -2.19. The van der Waals surface area contributed by atoms with Crippen LogP contribution in [0, 0.1) is 0 Å². The van der Waals surface area contributed by atoms with E-state index in [1.165, 1.54) is 16.8 Å². The molecule has 1 N–H and O–H groups in total. The molecule has 0 spiro atoms. The van der Waals surface area contributed by atoms with Crippen LogP contribution < -0.4 is 4.90 Å². The lowest BCUT2D eigenvalue weighted by Gasteiger charge is -2.20. The molecule has 0 saturated carbocycles. The van der Waals surface area contributed by atoms with Gasteiger partial charge in [-0.25, -0.2) is 0 Å². The van der Waals surface area contributed by atoms with Crippen LogP contribution in [0.5, 0.6) is 0 Å². The van der Waals surface area contributed by atoms with Gasteiger partial charge in [-0.05, 0) is 35.2 Å². The van der Waals surface area contributed by atoms with E-state index in [-0.39, 0.29) is 5.78 Å². The minimum Gasteiger partial charge on any atom is -0.388 e. The molecular weight excluding hydrogens is 324 g/mol. The van der Waals surface area contributed by atoms with Crippen LogP contribution in [-0.4, -0.2) is 29.0 Å². The average Bonchev–Trinajstić information content (AvgIpc) is 3.10. The number of anilines is 1. The molecule has 0 amide bonds. The highest BCUT2D eigenvalue weighted by atomic mass is 16.3. The van der Waals surface area contributed by atoms with E-state index in [0.29, 0.717) is 5.56 Å². The van der Waals surface area contributed by atoms with E-state index < -0.39 is 6.61 Å². The van der Waals surface area contributed by atoms with E-state index in [1.807, 2.05) is 24.4 Å². The maximum atomic E-state index is 11.5. The molecule has 1 aliphatic rings. The number of carbonyl (C=O) groups is 1. The van der Waals surface area contributed by atoms with E-state index in [4.69, 9.17) is 5.11 Å². The van der Waals surface area contributed by atoms with Gasteiger partial charge in [-0.15, -0.1) is 0 Å². The van der Waals surface area contributed by atoms with Gasteiger partial charge in [0.25, 0.3) is 0 Å². The maximum Gasteiger partial charge on any atom is 0.188 e. The summed E-state index contributed by atoms with van der Waals surface area (Å²) < 4.78 is 0. The molecule has 1 aliphatic heterocycles. The summed E-state index contributed by atoms with van der Waals surface area (Å²) in [5.74, 6) is -0.246. The second-order valence-corrected chi connectivity index (χ2v) is 6.53. The fourth-order valence-corrected chi connectivity index (χ4v) is 3.43. The van der Waals surface area contributed by atoms with E-state index in [2.05, 4.69) is 34.1 Å². The number of aliphatic hydroxyl groups is 1. The van der Waals surface area contributed by atoms with Crippen LogP contribution in [0.15, 0.2) is 67.0 Å². The minimum atomic E-state index is -0.448. The molecule has 0 saturated heterocycles. The van der Waals surface area contributed by atoms with Crippen LogP contribution in [0.2, 0.25) is 0 Å². The number of aliphatic hydroxyl groups excluding tert-OH is 1. The Labute approximate surface area is 152 Å². The number of nitrogens with zero attached hydrogens (tertiary/aromatic N) is 2. The van der Waals surface area contributed by atoms with Crippen molar-refractivity contribution in [1.29, 1.82) is 0 Å². The van der Waals surface area contributed by atoms with Crippen LogP contribution in [-0.2, 0) is 13.0 Å². The molecule has 26 heavy (non-hydrogen) atoms. The molecule has 4 rings (SSSR count). The van der Waals surface area contributed by atoms with E-state index in [9.17, 15) is 4.79 Å². The highest BCUT2D eigenvalue weighted by molar-refractivity contribution is 5.96. The van der Waals surface area contributed by atoms with Crippen molar-refractivity contribution in [2.24, 2.45) is 0 Å². The summed E-state index contributed by atoms with van der Waals surface area (Å²) in [5.41, 5.74) is 6.63. The Morgan fingerprint density at radius 3 is 2.65 bits per heavy atom. The van der Waals surface area contributed by atoms with Crippen molar-refractivity contribution in [2.45, 2.75) is 13.0 Å². The van der Waals surface area contributed by atoms with Crippen molar-refractivity contribution in [3.8, 4) is 11.1 Å². The number of pyridine rings is 1. The normalized spacial score (nSPS) is 12.9.